The maximum absolute atomic E-state index is 11.4. The van der Waals surface area contributed by atoms with Crippen LogP contribution in [0.1, 0.15) is 32.4 Å². The first-order valence-electron chi connectivity index (χ1n) is 5.38. The smallest absolute Gasteiger partial charge is 0.414 e. The van der Waals surface area contributed by atoms with Crippen molar-refractivity contribution < 1.29 is 14.6 Å². The first-order chi connectivity index (χ1) is 8.31. The molecule has 0 bridgehead atoms. The van der Waals surface area contributed by atoms with E-state index in [0.29, 0.717) is 5.56 Å². The SMILES string of the molecule is CC(C)(C)OC(=O)Nc1ncc(C(O)CCl)cn1. The van der Waals surface area contributed by atoms with Gasteiger partial charge in [-0.05, 0) is 20.8 Å². The van der Waals surface area contributed by atoms with Gasteiger partial charge in [-0.1, -0.05) is 0 Å². The van der Waals surface area contributed by atoms with Crippen LogP contribution in [0.4, 0.5) is 10.7 Å². The molecule has 1 unspecified atom stereocenters. The summed E-state index contributed by atoms with van der Waals surface area (Å²) < 4.78 is 5.04. The quantitative estimate of drug-likeness (QED) is 0.824. The molecular formula is C11H16ClN3O3. The van der Waals surface area contributed by atoms with Crippen molar-refractivity contribution in [2.75, 3.05) is 11.2 Å². The van der Waals surface area contributed by atoms with E-state index in [0.717, 1.165) is 0 Å². The summed E-state index contributed by atoms with van der Waals surface area (Å²) in [6.07, 6.45) is 1.34. The molecule has 1 aromatic rings. The summed E-state index contributed by atoms with van der Waals surface area (Å²) in [5.41, 5.74) is -0.0986. The van der Waals surface area contributed by atoms with Crippen LogP contribution in [0.5, 0.6) is 0 Å². The van der Waals surface area contributed by atoms with Gasteiger partial charge in [-0.3, -0.25) is 5.32 Å². The normalized spacial score (nSPS) is 12.9. The van der Waals surface area contributed by atoms with Crippen LogP contribution in [-0.4, -0.2) is 32.6 Å². The number of carbonyl (C=O) groups excluding carboxylic acids is 1. The fourth-order valence-corrected chi connectivity index (χ4v) is 1.24. The lowest BCUT2D eigenvalue weighted by Gasteiger charge is -2.19. The van der Waals surface area contributed by atoms with E-state index in [1.807, 2.05) is 0 Å². The van der Waals surface area contributed by atoms with E-state index in [4.69, 9.17) is 16.3 Å². The van der Waals surface area contributed by atoms with Gasteiger partial charge in [0.2, 0.25) is 5.95 Å². The van der Waals surface area contributed by atoms with Crippen LogP contribution >= 0.6 is 11.6 Å². The summed E-state index contributed by atoms with van der Waals surface area (Å²) in [7, 11) is 0. The van der Waals surface area contributed by atoms with Gasteiger partial charge in [0.1, 0.15) is 5.60 Å². The lowest BCUT2D eigenvalue weighted by Crippen LogP contribution is -2.27. The van der Waals surface area contributed by atoms with Crippen LogP contribution in [0.2, 0.25) is 0 Å². The van der Waals surface area contributed by atoms with E-state index >= 15 is 0 Å². The van der Waals surface area contributed by atoms with E-state index in [1.165, 1.54) is 12.4 Å². The van der Waals surface area contributed by atoms with Gasteiger partial charge in [0.15, 0.2) is 0 Å². The number of nitrogens with zero attached hydrogens (tertiary/aromatic N) is 2. The molecule has 2 N–H and O–H groups in total. The number of ether oxygens (including phenoxy) is 1. The molecule has 0 aromatic carbocycles. The van der Waals surface area contributed by atoms with Crippen molar-refractivity contribution >= 4 is 23.6 Å². The van der Waals surface area contributed by atoms with E-state index in [-0.39, 0.29) is 11.8 Å². The van der Waals surface area contributed by atoms with Gasteiger partial charge in [-0.25, -0.2) is 14.8 Å². The molecule has 0 aliphatic rings. The van der Waals surface area contributed by atoms with Crippen molar-refractivity contribution in [2.24, 2.45) is 0 Å². The first kappa shape index (κ1) is 14.7. The number of rotatable bonds is 3. The predicted molar refractivity (Wildman–Crippen MR) is 67.6 cm³/mol. The Kier molecular flexibility index (Phi) is 4.86. The second kappa shape index (κ2) is 5.97. The zero-order valence-corrected chi connectivity index (χ0v) is 11.2. The monoisotopic (exact) mass is 273 g/mol. The Morgan fingerprint density at radius 1 is 1.50 bits per heavy atom. The topological polar surface area (TPSA) is 84.3 Å². The average molecular weight is 274 g/mol. The summed E-state index contributed by atoms with van der Waals surface area (Å²) in [6, 6.07) is 0. The molecule has 0 saturated heterocycles. The number of hydrogen-bond acceptors (Lipinski definition) is 5. The molecule has 6 nitrogen and oxygen atoms in total. The van der Waals surface area contributed by atoms with Crippen LogP contribution in [0.25, 0.3) is 0 Å². The van der Waals surface area contributed by atoms with Gasteiger partial charge < -0.3 is 9.84 Å². The fourth-order valence-electron chi connectivity index (χ4n) is 1.06. The molecule has 1 rings (SSSR count). The molecule has 1 amide bonds. The van der Waals surface area contributed by atoms with Crippen molar-refractivity contribution in [3.05, 3.63) is 18.0 Å². The molecule has 0 fully saturated rings. The summed E-state index contributed by atoms with van der Waals surface area (Å²) >= 11 is 5.49. The van der Waals surface area contributed by atoms with Crippen molar-refractivity contribution in [1.82, 2.24) is 9.97 Å². The molecule has 1 aromatic heterocycles. The molecule has 0 saturated carbocycles. The molecule has 0 aliphatic carbocycles. The molecule has 18 heavy (non-hydrogen) atoms. The van der Waals surface area contributed by atoms with Crippen molar-refractivity contribution in [2.45, 2.75) is 32.5 Å². The molecular weight excluding hydrogens is 258 g/mol. The third-order valence-electron chi connectivity index (χ3n) is 1.82. The number of carbonyl (C=O) groups is 1. The van der Waals surface area contributed by atoms with Gasteiger partial charge in [-0.15, -0.1) is 11.6 Å². The highest BCUT2D eigenvalue weighted by atomic mass is 35.5. The summed E-state index contributed by atoms with van der Waals surface area (Å²) in [6.45, 7) is 5.27. The van der Waals surface area contributed by atoms with Crippen molar-refractivity contribution in [1.29, 1.82) is 0 Å². The number of aliphatic hydroxyl groups excluding tert-OH is 1. The highest BCUT2D eigenvalue weighted by Gasteiger charge is 2.17. The third-order valence-corrected chi connectivity index (χ3v) is 2.11. The molecule has 1 atom stereocenters. The zero-order chi connectivity index (χ0) is 13.8. The van der Waals surface area contributed by atoms with Gasteiger partial charge in [0.05, 0.1) is 12.0 Å². The predicted octanol–water partition coefficient (Wildman–Crippen LogP) is 2.10. The van der Waals surface area contributed by atoms with Gasteiger partial charge >= 0.3 is 6.09 Å². The van der Waals surface area contributed by atoms with E-state index in [2.05, 4.69) is 15.3 Å². The minimum absolute atomic E-state index is 0.0577. The number of hydrogen-bond donors (Lipinski definition) is 2. The van der Waals surface area contributed by atoms with Gasteiger partial charge in [-0.2, -0.15) is 0 Å². The van der Waals surface area contributed by atoms with Crippen LogP contribution < -0.4 is 5.32 Å². The maximum atomic E-state index is 11.4. The van der Waals surface area contributed by atoms with Gasteiger partial charge in [0.25, 0.3) is 0 Å². The second-order valence-corrected chi connectivity index (χ2v) is 4.95. The summed E-state index contributed by atoms with van der Waals surface area (Å²) in [4.78, 5) is 19.2. The van der Waals surface area contributed by atoms with Crippen molar-refractivity contribution in [3.63, 3.8) is 0 Å². The lowest BCUT2D eigenvalue weighted by atomic mass is 10.2. The first-order valence-corrected chi connectivity index (χ1v) is 5.91. The maximum Gasteiger partial charge on any atom is 0.414 e. The minimum atomic E-state index is -0.817. The lowest BCUT2D eigenvalue weighted by molar-refractivity contribution is 0.0634. The Morgan fingerprint density at radius 3 is 2.50 bits per heavy atom. The van der Waals surface area contributed by atoms with Crippen LogP contribution in [0, 0.1) is 0 Å². The molecule has 0 aliphatic heterocycles. The Labute approximate surface area is 110 Å². The largest absolute Gasteiger partial charge is 0.444 e. The number of nitrogens with one attached hydrogen (secondary N) is 1. The molecule has 0 spiro atoms. The number of amides is 1. The molecule has 100 valence electrons. The van der Waals surface area contributed by atoms with E-state index < -0.39 is 17.8 Å². The Balaban J connectivity index is 2.61. The Bertz CT molecular complexity index is 403. The van der Waals surface area contributed by atoms with E-state index in [1.54, 1.807) is 20.8 Å². The number of alkyl halides is 1. The highest BCUT2D eigenvalue weighted by molar-refractivity contribution is 6.18. The molecule has 1 heterocycles. The number of aromatic nitrogens is 2. The number of halogens is 1. The Morgan fingerprint density at radius 2 is 2.06 bits per heavy atom. The standard InChI is InChI=1S/C11H16ClN3O3/c1-11(2,3)18-10(17)15-9-13-5-7(6-14-9)8(16)4-12/h5-6,8,16H,4H2,1-3H3,(H,13,14,15,17). The minimum Gasteiger partial charge on any atom is -0.444 e. The Hall–Kier alpha value is -1.40. The summed E-state index contributed by atoms with van der Waals surface area (Å²) in [5, 5.41) is 11.8. The number of aliphatic hydroxyl groups is 1. The van der Waals surface area contributed by atoms with Crippen molar-refractivity contribution in [3.8, 4) is 0 Å². The van der Waals surface area contributed by atoms with Crippen LogP contribution in [0.3, 0.4) is 0 Å². The fraction of sp³-hybridized carbons (Fsp3) is 0.545. The second-order valence-electron chi connectivity index (χ2n) is 4.64. The van der Waals surface area contributed by atoms with E-state index in [9.17, 15) is 9.90 Å². The van der Waals surface area contributed by atoms with Gasteiger partial charge in [0, 0.05) is 18.0 Å². The summed E-state index contributed by atoms with van der Waals surface area (Å²) in [5.74, 6) is 0.164. The molecule has 0 radical (unpaired) electrons. The zero-order valence-electron chi connectivity index (χ0n) is 10.5. The average Bonchev–Trinajstić information content (AvgIpc) is 2.26. The number of anilines is 1. The molecule has 7 heteroatoms. The highest BCUT2D eigenvalue weighted by Crippen LogP contribution is 2.13. The van der Waals surface area contributed by atoms with Crippen LogP contribution in [-0.2, 0) is 4.74 Å². The third kappa shape index (κ3) is 4.85. The van der Waals surface area contributed by atoms with Crippen LogP contribution in [0.15, 0.2) is 12.4 Å².